The van der Waals surface area contributed by atoms with E-state index >= 15 is 0 Å². The number of esters is 1. The summed E-state index contributed by atoms with van der Waals surface area (Å²) in [6, 6.07) is 9.95. The van der Waals surface area contributed by atoms with Gasteiger partial charge in [-0.2, -0.15) is 0 Å². The van der Waals surface area contributed by atoms with Crippen molar-refractivity contribution in [3.63, 3.8) is 0 Å². The lowest BCUT2D eigenvalue weighted by Gasteiger charge is -2.04. The molecule has 1 aromatic heterocycles. The van der Waals surface area contributed by atoms with Crippen LogP contribution in [0.15, 0.2) is 42.5 Å². The Morgan fingerprint density at radius 1 is 1.35 bits per heavy atom. The van der Waals surface area contributed by atoms with Crippen molar-refractivity contribution in [1.82, 2.24) is 9.55 Å². The molecule has 0 radical (unpaired) electrons. The zero-order valence-electron chi connectivity index (χ0n) is 12.0. The standard InChI is InChI=1S/C16H18N2O2/c1-11(2)16(19)20-10-14-17-15(12(3)18(14)4)13-8-6-5-7-9-13/h5-9H,1,10H2,2-4H3. The molecule has 0 N–H and O–H groups in total. The van der Waals surface area contributed by atoms with Crippen LogP contribution in [0.4, 0.5) is 0 Å². The number of carbonyl (C=O) groups is 1. The molecule has 1 heterocycles. The van der Waals surface area contributed by atoms with Crippen LogP contribution >= 0.6 is 0 Å². The number of ether oxygens (including phenoxy) is 1. The number of hydrogen-bond donors (Lipinski definition) is 0. The minimum atomic E-state index is -0.396. The Morgan fingerprint density at radius 2 is 2.00 bits per heavy atom. The molecule has 2 aromatic rings. The van der Waals surface area contributed by atoms with E-state index < -0.39 is 5.97 Å². The van der Waals surface area contributed by atoms with E-state index in [2.05, 4.69) is 11.6 Å². The van der Waals surface area contributed by atoms with Crippen LogP contribution < -0.4 is 0 Å². The number of aromatic nitrogens is 2. The zero-order chi connectivity index (χ0) is 14.7. The molecule has 0 saturated carbocycles. The average Bonchev–Trinajstić information content (AvgIpc) is 2.73. The van der Waals surface area contributed by atoms with E-state index in [0.29, 0.717) is 5.57 Å². The molecule has 0 bridgehead atoms. The molecule has 4 nitrogen and oxygen atoms in total. The zero-order valence-corrected chi connectivity index (χ0v) is 12.0. The van der Waals surface area contributed by atoms with Gasteiger partial charge < -0.3 is 9.30 Å². The monoisotopic (exact) mass is 270 g/mol. The molecule has 0 unspecified atom stereocenters. The number of carbonyl (C=O) groups excluding carboxylic acids is 1. The third-order valence-electron chi connectivity index (χ3n) is 3.20. The minimum absolute atomic E-state index is 0.149. The maximum absolute atomic E-state index is 11.4. The number of imidazole rings is 1. The van der Waals surface area contributed by atoms with Crippen molar-refractivity contribution in [2.45, 2.75) is 20.5 Å². The van der Waals surface area contributed by atoms with Gasteiger partial charge in [0.1, 0.15) is 12.4 Å². The molecule has 0 saturated heterocycles. The maximum Gasteiger partial charge on any atom is 0.333 e. The topological polar surface area (TPSA) is 44.1 Å². The highest BCUT2D eigenvalue weighted by atomic mass is 16.5. The highest BCUT2D eigenvalue weighted by Crippen LogP contribution is 2.23. The molecule has 1 aromatic carbocycles. The Balaban J connectivity index is 2.25. The van der Waals surface area contributed by atoms with E-state index in [1.54, 1.807) is 6.92 Å². The molecule has 0 spiro atoms. The van der Waals surface area contributed by atoms with Crippen LogP contribution in [0, 0.1) is 6.92 Å². The van der Waals surface area contributed by atoms with Gasteiger partial charge >= 0.3 is 5.97 Å². The molecule has 104 valence electrons. The predicted octanol–water partition coefficient (Wildman–Crippen LogP) is 3.01. The van der Waals surface area contributed by atoms with Crippen LogP contribution in [-0.4, -0.2) is 15.5 Å². The second-order valence-electron chi connectivity index (χ2n) is 4.74. The predicted molar refractivity (Wildman–Crippen MR) is 78.0 cm³/mol. The van der Waals surface area contributed by atoms with Gasteiger partial charge in [-0.15, -0.1) is 0 Å². The molecule has 2 rings (SSSR count). The average molecular weight is 270 g/mol. The summed E-state index contributed by atoms with van der Waals surface area (Å²) in [5.41, 5.74) is 3.39. The summed E-state index contributed by atoms with van der Waals surface area (Å²) in [7, 11) is 1.92. The number of nitrogens with zero attached hydrogens (tertiary/aromatic N) is 2. The van der Waals surface area contributed by atoms with Gasteiger partial charge in [-0.3, -0.25) is 0 Å². The van der Waals surface area contributed by atoms with Crippen molar-refractivity contribution >= 4 is 5.97 Å². The Labute approximate surface area is 118 Å². The summed E-state index contributed by atoms with van der Waals surface area (Å²) in [6.07, 6.45) is 0. The summed E-state index contributed by atoms with van der Waals surface area (Å²) in [5.74, 6) is 0.322. The first kappa shape index (κ1) is 14.1. The molecule has 20 heavy (non-hydrogen) atoms. The van der Waals surface area contributed by atoms with Gasteiger partial charge in [-0.1, -0.05) is 36.9 Å². The quantitative estimate of drug-likeness (QED) is 0.633. The lowest BCUT2D eigenvalue weighted by Crippen LogP contribution is -2.08. The molecule has 0 fully saturated rings. The smallest absolute Gasteiger partial charge is 0.333 e. The highest BCUT2D eigenvalue weighted by Gasteiger charge is 2.14. The Bertz CT molecular complexity index is 642. The Kier molecular flexibility index (Phi) is 4.03. The van der Waals surface area contributed by atoms with Crippen LogP contribution in [0.3, 0.4) is 0 Å². The fourth-order valence-electron chi connectivity index (χ4n) is 1.89. The van der Waals surface area contributed by atoms with Crippen LogP contribution in [0.5, 0.6) is 0 Å². The van der Waals surface area contributed by atoms with Crippen molar-refractivity contribution in [3.05, 3.63) is 54.0 Å². The van der Waals surface area contributed by atoms with E-state index in [0.717, 1.165) is 22.8 Å². The molecule has 0 atom stereocenters. The van der Waals surface area contributed by atoms with E-state index in [1.165, 1.54) is 0 Å². The van der Waals surface area contributed by atoms with Gasteiger partial charge in [0.15, 0.2) is 0 Å². The first-order valence-corrected chi connectivity index (χ1v) is 6.41. The molecule has 0 aliphatic carbocycles. The van der Waals surface area contributed by atoms with Crippen molar-refractivity contribution in [3.8, 4) is 11.3 Å². The largest absolute Gasteiger partial charge is 0.454 e. The number of hydrogen-bond acceptors (Lipinski definition) is 3. The normalized spacial score (nSPS) is 10.3. The second kappa shape index (κ2) is 5.74. The van der Waals surface area contributed by atoms with Gasteiger partial charge in [0.25, 0.3) is 0 Å². The van der Waals surface area contributed by atoms with E-state index in [1.807, 2.05) is 48.9 Å². The Hall–Kier alpha value is -2.36. The summed E-state index contributed by atoms with van der Waals surface area (Å²) in [6.45, 7) is 7.33. The molecule has 0 aliphatic heterocycles. The van der Waals surface area contributed by atoms with Gasteiger partial charge in [-0.05, 0) is 13.8 Å². The van der Waals surface area contributed by atoms with Crippen LogP contribution in [0.2, 0.25) is 0 Å². The third kappa shape index (κ3) is 2.79. The number of rotatable bonds is 4. The van der Waals surface area contributed by atoms with Gasteiger partial charge in [-0.25, -0.2) is 9.78 Å². The first-order chi connectivity index (χ1) is 9.50. The molecule has 0 amide bonds. The van der Waals surface area contributed by atoms with Crippen molar-refractivity contribution in [2.75, 3.05) is 0 Å². The summed E-state index contributed by atoms with van der Waals surface area (Å²) in [4.78, 5) is 16.0. The summed E-state index contributed by atoms with van der Waals surface area (Å²) >= 11 is 0. The summed E-state index contributed by atoms with van der Waals surface area (Å²) < 4.78 is 7.09. The van der Waals surface area contributed by atoms with Crippen molar-refractivity contribution < 1.29 is 9.53 Å². The molecular weight excluding hydrogens is 252 g/mol. The molecule has 0 aliphatic rings. The summed E-state index contributed by atoms with van der Waals surface area (Å²) in [5, 5.41) is 0. The van der Waals surface area contributed by atoms with Crippen LogP contribution in [0.1, 0.15) is 18.4 Å². The Morgan fingerprint density at radius 3 is 2.60 bits per heavy atom. The second-order valence-corrected chi connectivity index (χ2v) is 4.74. The minimum Gasteiger partial charge on any atom is -0.454 e. The van der Waals surface area contributed by atoms with Crippen LogP contribution in [0.25, 0.3) is 11.3 Å². The van der Waals surface area contributed by atoms with Crippen molar-refractivity contribution in [2.24, 2.45) is 7.05 Å². The number of benzene rings is 1. The fraction of sp³-hybridized carbons (Fsp3) is 0.250. The van der Waals surface area contributed by atoms with Crippen LogP contribution in [-0.2, 0) is 23.2 Å². The fourth-order valence-corrected chi connectivity index (χ4v) is 1.89. The van der Waals surface area contributed by atoms with Gasteiger partial charge in [0, 0.05) is 23.9 Å². The van der Waals surface area contributed by atoms with Gasteiger partial charge in [0.05, 0.1) is 5.69 Å². The molecular formula is C16H18N2O2. The first-order valence-electron chi connectivity index (χ1n) is 6.41. The molecule has 4 heteroatoms. The lowest BCUT2D eigenvalue weighted by molar-refractivity contribution is -0.140. The van der Waals surface area contributed by atoms with E-state index in [-0.39, 0.29) is 6.61 Å². The van der Waals surface area contributed by atoms with E-state index in [4.69, 9.17) is 4.74 Å². The lowest BCUT2D eigenvalue weighted by atomic mass is 10.1. The third-order valence-corrected chi connectivity index (χ3v) is 3.20. The van der Waals surface area contributed by atoms with Crippen molar-refractivity contribution in [1.29, 1.82) is 0 Å². The SMILES string of the molecule is C=C(C)C(=O)OCc1nc(-c2ccccc2)c(C)n1C. The highest BCUT2D eigenvalue weighted by molar-refractivity contribution is 5.86. The van der Waals surface area contributed by atoms with E-state index in [9.17, 15) is 4.79 Å². The maximum atomic E-state index is 11.4. The van der Waals surface area contributed by atoms with Gasteiger partial charge in [0.2, 0.25) is 0 Å².